The van der Waals surface area contributed by atoms with Gasteiger partial charge in [-0.25, -0.2) is 4.79 Å². The Balaban J connectivity index is 3.42. The number of carboxylic acid groups (broad SMARTS) is 1. The minimum atomic E-state index is -4.42. The van der Waals surface area contributed by atoms with Crippen LogP contribution >= 0.6 is 0 Å². The van der Waals surface area contributed by atoms with Crippen molar-refractivity contribution in [2.75, 3.05) is 5.43 Å². The molecule has 0 amide bonds. The second kappa shape index (κ2) is 3.85. The van der Waals surface area contributed by atoms with Crippen molar-refractivity contribution in [3.63, 3.8) is 0 Å². The molecule has 8 heteroatoms. The van der Waals surface area contributed by atoms with Crippen LogP contribution in [0.3, 0.4) is 0 Å². The lowest BCUT2D eigenvalue weighted by Crippen LogP contribution is -2.12. The molecular formula is C7H8N2O5S. The van der Waals surface area contributed by atoms with Crippen molar-refractivity contribution in [3.8, 4) is 0 Å². The molecule has 0 radical (unpaired) electrons. The first-order chi connectivity index (χ1) is 6.86. The van der Waals surface area contributed by atoms with Crippen LogP contribution < -0.4 is 11.3 Å². The summed E-state index contributed by atoms with van der Waals surface area (Å²) in [6.07, 6.45) is 0. The molecule has 0 atom stereocenters. The van der Waals surface area contributed by atoms with Gasteiger partial charge in [0, 0.05) is 0 Å². The van der Waals surface area contributed by atoms with Crippen molar-refractivity contribution in [1.29, 1.82) is 0 Å². The van der Waals surface area contributed by atoms with E-state index in [0.717, 1.165) is 18.2 Å². The molecule has 0 fully saturated rings. The zero-order valence-corrected chi connectivity index (χ0v) is 8.15. The van der Waals surface area contributed by atoms with Crippen molar-refractivity contribution in [3.05, 3.63) is 23.8 Å². The molecule has 0 aliphatic carbocycles. The number of hydrazine groups is 1. The van der Waals surface area contributed by atoms with E-state index in [0.29, 0.717) is 0 Å². The number of aromatic carboxylic acids is 1. The van der Waals surface area contributed by atoms with Gasteiger partial charge in [-0.05, 0) is 18.2 Å². The number of carbonyl (C=O) groups is 1. The van der Waals surface area contributed by atoms with Gasteiger partial charge in [0.25, 0.3) is 10.1 Å². The molecule has 0 saturated heterocycles. The summed E-state index contributed by atoms with van der Waals surface area (Å²) in [6, 6.07) is 3.00. The Morgan fingerprint density at radius 1 is 1.40 bits per heavy atom. The number of anilines is 1. The minimum Gasteiger partial charge on any atom is -0.478 e. The first-order valence-electron chi connectivity index (χ1n) is 3.67. The minimum absolute atomic E-state index is 0.0508. The molecule has 0 aliphatic heterocycles. The maximum atomic E-state index is 10.7. The van der Waals surface area contributed by atoms with E-state index in [9.17, 15) is 13.2 Å². The molecule has 0 unspecified atom stereocenters. The molecule has 5 N–H and O–H groups in total. The van der Waals surface area contributed by atoms with Gasteiger partial charge in [-0.15, -0.1) is 0 Å². The lowest BCUT2D eigenvalue weighted by molar-refractivity contribution is 0.0697. The topological polar surface area (TPSA) is 130 Å². The average Bonchev–Trinajstić information content (AvgIpc) is 2.15. The fraction of sp³-hybridized carbons (Fsp3) is 0. The third kappa shape index (κ3) is 2.43. The van der Waals surface area contributed by atoms with Gasteiger partial charge in [0.15, 0.2) is 0 Å². The predicted octanol–water partition coefficient (Wildman–Crippen LogP) is -0.0829. The van der Waals surface area contributed by atoms with E-state index < -0.39 is 21.0 Å². The number of carboxylic acids is 1. The van der Waals surface area contributed by atoms with E-state index in [4.69, 9.17) is 15.5 Å². The second-order valence-corrected chi connectivity index (χ2v) is 4.05. The highest BCUT2D eigenvalue weighted by atomic mass is 32.2. The van der Waals surface area contributed by atoms with Crippen LogP contribution in [0.25, 0.3) is 0 Å². The van der Waals surface area contributed by atoms with Crippen molar-refractivity contribution >= 4 is 21.8 Å². The smallest absolute Gasteiger partial charge is 0.337 e. The number of benzene rings is 1. The van der Waals surface area contributed by atoms with E-state index >= 15 is 0 Å². The highest BCUT2D eigenvalue weighted by Gasteiger charge is 2.16. The van der Waals surface area contributed by atoms with Crippen LogP contribution in [0.1, 0.15) is 10.4 Å². The van der Waals surface area contributed by atoms with Gasteiger partial charge in [-0.1, -0.05) is 0 Å². The van der Waals surface area contributed by atoms with E-state index in [-0.39, 0.29) is 11.3 Å². The monoisotopic (exact) mass is 232 g/mol. The lowest BCUT2D eigenvalue weighted by atomic mass is 10.2. The Morgan fingerprint density at radius 3 is 2.40 bits per heavy atom. The number of rotatable bonds is 3. The number of hydrogen-bond acceptors (Lipinski definition) is 5. The summed E-state index contributed by atoms with van der Waals surface area (Å²) in [5, 5.41) is 8.71. The number of hydrogen-bond donors (Lipinski definition) is 4. The van der Waals surface area contributed by atoms with E-state index in [1.165, 1.54) is 0 Å². The number of nitrogen functional groups attached to an aromatic ring is 1. The Bertz CT molecular complexity index is 496. The molecule has 0 spiro atoms. The van der Waals surface area contributed by atoms with Gasteiger partial charge < -0.3 is 10.5 Å². The average molecular weight is 232 g/mol. The van der Waals surface area contributed by atoms with Crippen LogP contribution in [0, 0.1) is 0 Å². The molecule has 0 aliphatic rings. The van der Waals surface area contributed by atoms with E-state index in [1.807, 2.05) is 0 Å². The van der Waals surface area contributed by atoms with Crippen molar-refractivity contribution in [2.45, 2.75) is 4.90 Å². The third-order valence-corrected chi connectivity index (χ3v) is 2.52. The molecule has 0 bridgehead atoms. The van der Waals surface area contributed by atoms with Gasteiger partial charge in [-0.3, -0.25) is 10.4 Å². The first-order valence-corrected chi connectivity index (χ1v) is 5.11. The Labute approximate surface area is 85.2 Å². The molecule has 15 heavy (non-hydrogen) atoms. The maximum absolute atomic E-state index is 10.7. The van der Waals surface area contributed by atoms with Crippen molar-refractivity contribution < 1.29 is 22.9 Å². The van der Waals surface area contributed by atoms with Gasteiger partial charge in [0.1, 0.15) is 0 Å². The molecule has 7 nitrogen and oxygen atoms in total. The summed E-state index contributed by atoms with van der Waals surface area (Å²) in [5.41, 5.74) is 1.81. The second-order valence-electron chi connectivity index (χ2n) is 2.63. The summed E-state index contributed by atoms with van der Waals surface area (Å²) in [4.78, 5) is 10.2. The molecule has 1 aromatic carbocycles. The van der Waals surface area contributed by atoms with Gasteiger partial charge in [-0.2, -0.15) is 8.42 Å². The maximum Gasteiger partial charge on any atom is 0.337 e. The SMILES string of the molecule is NNc1ccc(S(=O)(=O)O)cc1C(=O)O. The molecule has 1 rings (SSSR count). The van der Waals surface area contributed by atoms with Crippen LogP contribution in [-0.4, -0.2) is 24.0 Å². The molecule has 0 heterocycles. The Morgan fingerprint density at radius 2 is 2.00 bits per heavy atom. The van der Waals surface area contributed by atoms with Gasteiger partial charge in [0.05, 0.1) is 16.1 Å². The molecule has 1 aromatic rings. The van der Waals surface area contributed by atoms with Gasteiger partial charge in [0.2, 0.25) is 0 Å². The zero-order valence-electron chi connectivity index (χ0n) is 7.34. The van der Waals surface area contributed by atoms with Crippen molar-refractivity contribution in [2.24, 2.45) is 5.84 Å². The summed E-state index contributed by atoms with van der Waals surface area (Å²) >= 11 is 0. The largest absolute Gasteiger partial charge is 0.478 e. The van der Waals surface area contributed by atoms with Crippen molar-refractivity contribution in [1.82, 2.24) is 0 Å². The van der Waals surface area contributed by atoms with E-state index in [2.05, 4.69) is 5.43 Å². The van der Waals surface area contributed by atoms with Crippen LogP contribution in [0.4, 0.5) is 5.69 Å². The van der Waals surface area contributed by atoms with Crippen LogP contribution in [0.5, 0.6) is 0 Å². The van der Waals surface area contributed by atoms with Crippen LogP contribution in [0.2, 0.25) is 0 Å². The van der Waals surface area contributed by atoms with Crippen LogP contribution in [0.15, 0.2) is 23.1 Å². The summed E-state index contributed by atoms with van der Waals surface area (Å²) in [7, 11) is -4.42. The molecule has 0 aromatic heterocycles. The Kier molecular flexibility index (Phi) is 2.93. The standard InChI is InChI=1S/C7H8N2O5S/c8-9-6-2-1-4(15(12,13)14)3-5(6)7(10)11/h1-3,9H,8H2,(H,10,11)(H,12,13,14). The fourth-order valence-electron chi connectivity index (χ4n) is 0.987. The predicted molar refractivity (Wildman–Crippen MR) is 51.0 cm³/mol. The highest BCUT2D eigenvalue weighted by molar-refractivity contribution is 7.85. The zero-order chi connectivity index (χ0) is 11.6. The summed E-state index contributed by atoms with van der Waals surface area (Å²) in [5.74, 6) is 3.67. The summed E-state index contributed by atoms with van der Waals surface area (Å²) in [6.45, 7) is 0. The highest BCUT2D eigenvalue weighted by Crippen LogP contribution is 2.19. The first kappa shape index (κ1) is 11.4. The normalized spacial score (nSPS) is 11.1. The number of nitrogens with one attached hydrogen (secondary N) is 1. The Hall–Kier alpha value is -1.64. The summed E-state index contributed by atoms with van der Waals surface area (Å²) < 4.78 is 30.1. The lowest BCUT2D eigenvalue weighted by Gasteiger charge is -2.05. The fourth-order valence-corrected chi connectivity index (χ4v) is 1.49. The molecule has 82 valence electrons. The quantitative estimate of drug-likeness (QED) is 0.325. The number of nitrogens with two attached hydrogens (primary N) is 1. The third-order valence-electron chi connectivity index (χ3n) is 1.67. The van der Waals surface area contributed by atoms with E-state index in [1.54, 1.807) is 0 Å². The molecular weight excluding hydrogens is 224 g/mol. The van der Waals surface area contributed by atoms with Gasteiger partial charge >= 0.3 is 5.97 Å². The molecule has 0 saturated carbocycles. The van der Waals surface area contributed by atoms with Crippen LogP contribution in [-0.2, 0) is 10.1 Å².